The van der Waals surface area contributed by atoms with Crippen molar-refractivity contribution >= 4 is 17.6 Å². The molecule has 1 fully saturated rings. The van der Waals surface area contributed by atoms with Gasteiger partial charge in [-0.3, -0.25) is 9.59 Å². The second-order valence-corrected chi connectivity index (χ2v) is 8.02. The number of aryl methyl sites for hydroxylation is 3. The van der Waals surface area contributed by atoms with Crippen molar-refractivity contribution in [3.63, 3.8) is 0 Å². The van der Waals surface area contributed by atoms with E-state index in [0.717, 1.165) is 24.0 Å². The second kappa shape index (κ2) is 9.60. The highest BCUT2D eigenvalue weighted by Crippen LogP contribution is 2.22. The van der Waals surface area contributed by atoms with Crippen LogP contribution in [0.3, 0.4) is 0 Å². The lowest BCUT2D eigenvalue weighted by Crippen LogP contribution is -2.41. The zero-order valence-electron chi connectivity index (χ0n) is 17.7. The van der Waals surface area contributed by atoms with Crippen LogP contribution in [0.5, 0.6) is 0 Å². The first-order chi connectivity index (χ1) is 15.1. The summed E-state index contributed by atoms with van der Waals surface area (Å²) in [6.45, 7) is 2.92. The van der Waals surface area contributed by atoms with E-state index in [1.54, 1.807) is 13.0 Å². The van der Waals surface area contributed by atoms with E-state index in [2.05, 4.69) is 22.6 Å². The molecule has 0 saturated carbocycles. The van der Waals surface area contributed by atoms with Gasteiger partial charge in [0.15, 0.2) is 5.82 Å². The fourth-order valence-corrected chi connectivity index (χ4v) is 4.04. The van der Waals surface area contributed by atoms with Crippen molar-refractivity contribution in [1.82, 2.24) is 10.1 Å². The van der Waals surface area contributed by atoms with Crippen LogP contribution in [-0.2, 0) is 17.6 Å². The van der Waals surface area contributed by atoms with Crippen molar-refractivity contribution in [2.75, 3.05) is 18.4 Å². The Morgan fingerprint density at radius 2 is 1.74 bits per heavy atom. The number of aromatic nitrogens is 1. The van der Waals surface area contributed by atoms with E-state index in [-0.39, 0.29) is 17.7 Å². The Hall–Kier alpha value is -3.41. The van der Waals surface area contributed by atoms with Crippen LogP contribution in [-0.4, -0.2) is 35.0 Å². The van der Waals surface area contributed by atoms with E-state index < -0.39 is 0 Å². The Kier molecular flexibility index (Phi) is 6.46. The Morgan fingerprint density at radius 3 is 2.45 bits per heavy atom. The van der Waals surface area contributed by atoms with E-state index in [9.17, 15) is 9.59 Å². The zero-order valence-corrected chi connectivity index (χ0v) is 17.7. The Labute approximate surface area is 182 Å². The molecule has 4 rings (SSSR count). The molecule has 0 spiro atoms. The molecule has 2 aromatic carbocycles. The molecule has 0 radical (unpaired) electrons. The van der Waals surface area contributed by atoms with Crippen LogP contribution in [0.1, 0.15) is 40.1 Å². The van der Waals surface area contributed by atoms with Gasteiger partial charge in [0.2, 0.25) is 5.91 Å². The highest BCUT2D eigenvalue weighted by Gasteiger charge is 2.29. The number of amides is 2. The average Bonchev–Trinajstić information content (AvgIpc) is 3.22. The summed E-state index contributed by atoms with van der Waals surface area (Å²) >= 11 is 0. The lowest BCUT2D eigenvalue weighted by Gasteiger charge is -2.31. The molecule has 0 atom stereocenters. The third kappa shape index (κ3) is 5.20. The van der Waals surface area contributed by atoms with Crippen LogP contribution in [0.25, 0.3) is 0 Å². The third-order valence-corrected chi connectivity index (χ3v) is 5.81. The molecule has 3 aromatic rings. The monoisotopic (exact) mass is 417 g/mol. The van der Waals surface area contributed by atoms with E-state index in [1.165, 1.54) is 5.56 Å². The molecule has 6 heteroatoms. The lowest BCUT2D eigenvalue weighted by atomic mass is 9.94. The lowest BCUT2D eigenvalue weighted by molar-refractivity contribution is -0.121. The number of carbonyl (C=O) groups is 2. The van der Waals surface area contributed by atoms with Crippen LogP contribution >= 0.6 is 0 Å². The molecule has 31 heavy (non-hydrogen) atoms. The third-order valence-electron chi connectivity index (χ3n) is 5.81. The van der Waals surface area contributed by atoms with Crippen molar-refractivity contribution < 1.29 is 14.1 Å². The van der Waals surface area contributed by atoms with Crippen LogP contribution in [0, 0.1) is 12.8 Å². The number of likely N-dealkylation sites (tertiary alicyclic amines) is 1. The maximum absolute atomic E-state index is 13.2. The van der Waals surface area contributed by atoms with Crippen molar-refractivity contribution in [3.05, 3.63) is 83.1 Å². The molecule has 1 aliphatic rings. The topological polar surface area (TPSA) is 75.4 Å². The normalized spacial score (nSPS) is 14.4. The van der Waals surface area contributed by atoms with Crippen LogP contribution in [0.15, 0.2) is 65.2 Å². The number of hydrogen-bond acceptors (Lipinski definition) is 4. The molecule has 0 bridgehead atoms. The SMILES string of the molecule is Cc1cc(NC(=O)C2CCN(C(=O)c3ccccc3CCc3ccccc3)CC2)no1. The molecule has 160 valence electrons. The maximum atomic E-state index is 13.2. The smallest absolute Gasteiger partial charge is 0.254 e. The van der Waals surface area contributed by atoms with Crippen molar-refractivity contribution in [3.8, 4) is 0 Å². The highest BCUT2D eigenvalue weighted by molar-refractivity contribution is 5.96. The quantitative estimate of drug-likeness (QED) is 0.650. The Bertz CT molecular complexity index is 1040. The molecular weight excluding hydrogens is 390 g/mol. The number of piperidine rings is 1. The number of anilines is 1. The fourth-order valence-electron chi connectivity index (χ4n) is 4.04. The summed E-state index contributed by atoms with van der Waals surface area (Å²) in [6, 6.07) is 19.9. The minimum absolute atomic E-state index is 0.0506. The van der Waals surface area contributed by atoms with Crippen molar-refractivity contribution in [2.24, 2.45) is 5.92 Å². The second-order valence-electron chi connectivity index (χ2n) is 8.02. The van der Waals surface area contributed by atoms with Crippen molar-refractivity contribution in [2.45, 2.75) is 32.6 Å². The standard InChI is InChI=1S/C25H27N3O3/c1-18-17-23(27-31-18)26-24(29)21-13-15-28(16-14-21)25(30)22-10-6-5-9-20(22)12-11-19-7-3-2-4-8-19/h2-10,17,21H,11-16H2,1H3,(H,26,27,29). The number of rotatable bonds is 6. The van der Waals surface area contributed by atoms with E-state index in [4.69, 9.17) is 4.52 Å². The van der Waals surface area contributed by atoms with Gasteiger partial charge in [-0.25, -0.2) is 0 Å². The molecule has 0 unspecified atom stereocenters. The van der Waals surface area contributed by atoms with Crippen LogP contribution < -0.4 is 5.32 Å². The molecule has 2 amide bonds. The summed E-state index contributed by atoms with van der Waals surface area (Å²) in [5, 5.41) is 6.61. The summed E-state index contributed by atoms with van der Waals surface area (Å²) in [5.41, 5.74) is 3.09. The molecule has 1 aromatic heterocycles. The van der Waals surface area contributed by atoms with Gasteiger partial charge in [0, 0.05) is 30.6 Å². The molecule has 6 nitrogen and oxygen atoms in total. The van der Waals surface area contributed by atoms with Gasteiger partial charge in [0.25, 0.3) is 5.91 Å². The van der Waals surface area contributed by atoms with Crippen LogP contribution in [0.2, 0.25) is 0 Å². The van der Waals surface area contributed by atoms with Crippen molar-refractivity contribution in [1.29, 1.82) is 0 Å². The Morgan fingerprint density at radius 1 is 1.03 bits per heavy atom. The van der Waals surface area contributed by atoms with Gasteiger partial charge < -0.3 is 14.7 Å². The number of nitrogens with zero attached hydrogens (tertiary/aromatic N) is 2. The van der Waals surface area contributed by atoms with E-state index in [0.29, 0.717) is 37.5 Å². The first kappa shape index (κ1) is 20.8. The molecule has 1 aliphatic heterocycles. The van der Waals surface area contributed by atoms with Gasteiger partial charge in [-0.05, 0) is 49.8 Å². The zero-order chi connectivity index (χ0) is 21.6. The van der Waals surface area contributed by atoms with Crippen LogP contribution in [0.4, 0.5) is 5.82 Å². The Balaban J connectivity index is 1.35. The van der Waals surface area contributed by atoms with Gasteiger partial charge in [-0.1, -0.05) is 53.7 Å². The summed E-state index contributed by atoms with van der Waals surface area (Å²) < 4.78 is 4.99. The maximum Gasteiger partial charge on any atom is 0.254 e. The fraction of sp³-hybridized carbons (Fsp3) is 0.320. The van der Waals surface area contributed by atoms with Gasteiger partial charge in [0.05, 0.1) is 0 Å². The summed E-state index contributed by atoms with van der Waals surface area (Å²) in [7, 11) is 0. The molecule has 1 saturated heterocycles. The van der Waals surface area contributed by atoms with Gasteiger partial charge in [0.1, 0.15) is 5.76 Å². The van der Waals surface area contributed by atoms with E-state index in [1.807, 2.05) is 47.4 Å². The minimum Gasteiger partial charge on any atom is -0.360 e. The summed E-state index contributed by atoms with van der Waals surface area (Å²) in [6.07, 6.45) is 3.00. The van der Waals surface area contributed by atoms with E-state index >= 15 is 0 Å². The minimum atomic E-state index is -0.130. The first-order valence-electron chi connectivity index (χ1n) is 10.8. The predicted molar refractivity (Wildman–Crippen MR) is 119 cm³/mol. The number of nitrogens with one attached hydrogen (secondary N) is 1. The molecule has 1 N–H and O–H groups in total. The first-order valence-corrected chi connectivity index (χ1v) is 10.8. The number of carbonyl (C=O) groups excluding carboxylic acids is 2. The summed E-state index contributed by atoms with van der Waals surface area (Å²) in [5.74, 6) is 0.947. The number of hydrogen-bond donors (Lipinski definition) is 1. The average molecular weight is 418 g/mol. The van der Waals surface area contributed by atoms with Gasteiger partial charge in [-0.2, -0.15) is 0 Å². The van der Waals surface area contributed by atoms with Gasteiger partial charge >= 0.3 is 0 Å². The highest BCUT2D eigenvalue weighted by atomic mass is 16.5. The summed E-state index contributed by atoms with van der Waals surface area (Å²) in [4.78, 5) is 27.6. The molecule has 0 aliphatic carbocycles. The largest absolute Gasteiger partial charge is 0.360 e. The number of benzene rings is 2. The van der Waals surface area contributed by atoms with Gasteiger partial charge in [-0.15, -0.1) is 0 Å². The molecule has 2 heterocycles. The predicted octanol–water partition coefficient (Wildman–Crippen LogP) is 4.26. The molecular formula is C25H27N3O3.